The highest BCUT2D eigenvalue weighted by Gasteiger charge is 2.59. The first-order valence-corrected chi connectivity index (χ1v) is 10.6. The third-order valence-electron chi connectivity index (χ3n) is 5.73. The second kappa shape index (κ2) is 7.78. The van der Waals surface area contributed by atoms with Gasteiger partial charge in [0.15, 0.2) is 0 Å². The van der Waals surface area contributed by atoms with Gasteiger partial charge in [-0.3, -0.25) is 0 Å². The Morgan fingerprint density at radius 2 is 1.93 bits per heavy atom. The van der Waals surface area contributed by atoms with Crippen molar-refractivity contribution in [2.75, 3.05) is 13.1 Å². The fraction of sp³-hybridized carbons (Fsp3) is 0.750. The number of thiazole rings is 1. The number of urea groups is 1. The van der Waals surface area contributed by atoms with E-state index in [9.17, 15) is 14.7 Å². The van der Waals surface area contributed by atoms with Gasteiger partial charge in [0.05, 0.1) is 17.2 Å². The molecule has 1 aromatic rings. The van der Waals surface area contributed by atoms with E-state index in [1.54, 1.807) is 21.1 Å². The van der Waals surface area contributed by atoms with E-state index >= 15 is 0 Å². The molecule has 0 bridgehead atoms. The number of aliphatic carboxylic acids is 1. The molecule has 152 valence electrons. The maximum absolute atomic E-state index is 13.2. The lowest BCUT2D eigenvalue weighted by Gasteiger charge is -2.50. The molecular weight excluding hydrogens is 362 g/mol. The van der Waals surface area contributed by atoms with Crippen LogP contribution in [0, 0.1) is 11.3 Å². The summed E-state index contributed by atoms with van der Waals surface area (Å²) in [6.45, 7) is 15.2. The van der Waals surface area contributed by atoms with Gasteiger partial charge in [0.1, 0.15) is 5.54 Å². The standard InChI is InChI=1S/C20H33N3O3S/c1-8-14(4)20(17(24)25,19(5,6)7)23-10-9-22(18(23)26)11-15-12-27-16(21-15)13(2)3/h12-14H,8-11H2,1-7H3,(H,24,25)/t14-,20+/m0/s1. The summed E-state index contributed by atoms with van der Waals surface area (Å²) in [5, 5.41) is 13.3. The summed E-state index contributed by atoms with van der Waals surface area (Å²) >= 11 is 1.61. The molecule has 2 amide bonds. The Morgan fingerprint density at radius 1 is 1.30 bits per heavy atom. The minimum atomic E-state index is -1.24. The van der Waals surface area contributed by atoms with Gasteiger partial charge in [0.25, 0.3) is 0 Å². The number of amides is 2. The van der Waals surface area contributed by atoms with Crippen molar-refractivity contribution in [1.82, 2.24) is 14.8 Å². The molecule has 2 rings (SSSR count). The van der Waals surface area contributed by atoms with E-state index in [1.807, 2.05) is 40.0 Å². The predicted octanol–water partition coefficient (Wildman–Crippen LogP) is 4.42. The van der Waals surface area contributed by atoms with E-state index in [4.69, 9.17) is 0 Å². The van der Waals surface area contributed by atoms with Crippen molar-refractivity contribution in [1.29, 1.82) is 0 Å². The van der Waals surface area contributed by atoms with Gasteiger partial charge < -0.3 is 14.9 Å². The number of carboxylic acid groups (broad SMARTS) is 1. The molecular formula is C20H33N3O3S. The number of hydrogen-bond donors (Lipinski definition) is 1. The van der Waals surface area contributed by atoms with Gasteiger partial charge in [-0.15, -0.1) is 11.3 Å². The van der Waals surface area contributed by atoms with Crippen molar-refractivity contribution in [3.63, 3.8) is 0 Å². The van der Waals surface area contributed by atoms with Gasteiger partial charge in [0, 0.05) is 24.4 Å². The number of carbonyl (C=O) groups is 2. The molecule has 0 spiro atoms. The molecule has 0 saturated carbocycles. The van der Waals surface area contributed by atoms with Gasteiger partial charge in [-0.25, -0.2) is 14.6 Å². The summed E-state index contributed by atoms with van der Waals surface area (Å²) in [6.07, 6.45) is 0.692. The van der Waals surface area contributed by atoms with Gasteiger partial charge >= 0.3 is 12.0 Å². The van der Waals surface area contributed by atoms with Crippen molar-refractivity contribution in [3.05, 3.63) is 16.1 Å². The topological polar surface area (TPSA) is 73.7 Å². The van der Waals surface area contributed by atoms with Crippen LogP contribution in [0.2, 0.25) is 0 Å². The highest BCUT2D eigenvalue weighted by atomic mass is 32.1. The fourth-order valence-electron chi connectivity index (χ4n) is 4.27. The van der Waals surface area contributed by atoms with Crippen LogP contribution in [-0.2, 0) is 11.3 Å². The number of rotatable bonds is 7. The molecule has 0 radical (unpaired) electrons. The van der Waals surface area contributed by atoms with E-state index in [0.29, 0.717) is 32.0 Å². The van der Waals surface area contributed by atoms with Crippen molar-refractivity contribution in [2.45, 2.75) is 72.9 Å². The molecule has 2 heterocycles. The summed E-state index contributed by atoms with van der Waals surface area (Å²) in [6, 6.07) is -0.202. The maximum Gasteiger partial charge on any atom is 0.330 e. The first-order chi connectivity index (χ1) is 12.5. The predicted molar refractivity (Wildman–Crippen MR) is 108 cm³/mol. The zero-order valence-corrected chi connectivity index (χ0v) is 18.4. The minimum Gasteiger partial charge on any atom is -0.479 e. The van der Waals surface area contributed by atoms with Crippen molar-refractivity contribution in [2.24, 2.45) is 11.3 Å². The Labute approximate surface area is 166 Å². The third kappa shape index (κ3) is 3.71. The molecule has 7 heteroatoms. The second-order valence-corrected chi connectivity index (χ2v) is 9.71. The largest absolute Gasteiger partial charge is 0.479 e. The Hall–Kier alpha value is -1.63. The van der Waals surface area contributed by atoms with Crippen LogP contribution in [0.1, 0.15) is 71.5 Å². The highest BCUT2D eigenvalue weighted by molar-refractivity contribution is 7.09. The Bertz CT molecular complexity index is 695. The third-order valence-corrected chi connectivity index (χ3v) is 6.93. The zero-order chi connectivity index (χ0) is 20.6. The minimum absolute atomic E-state index is 0.161. The second-order valence-electron chi connectivity index (χ2n) is 8.82. The number of carbonyl (C=O) groups excluding carboxylic acids is 1. The lowest BCUT2D eigenvalue weighted by atomic mass is 9.64. The summed E-state index contributed by atoms with van der Waals surface area (Å²) < 4.78 is 0. The van der Waals surface area contributed by atoms with Crippen LogP contribution in [0.3, 0.4) is 0 Å². The van der Waals surface area contributed by atoms with E-state index in [-0.39, 0.29) is 11.9 Å². The van der Waals surface area contributed by atoms with Crippen molar-refractivity contribution < 1.29 is 14.7 Å². The quantitative estimate of drug-likeness (QED) is 0.742. The molecule has 27 heavy (non-hydrogen) atoms. The first-order valence-electron chi connectivity index (χ1n) is 9.71. The van der Waals surface area contributed by atoms with Crippen molar-refractivity contribution in [3.8, 4) is 0 Å². The smallest absolute Gasteiger partial charge is 0.330 e. The van der Waals surface area contributed by atoms with Crippen LogP contribution in [0.4, 0.5) is 4.79 Å². The van der Waals surface area contributed by atoms with E-state index < -0.39 is 16.9 Å². The molecule has 1 aromatic heterocycles. The van der Waals surface area contributed by atoms with Gasteiger partial charge in [-0.2, -0.15) is 0 Å². The van der Waals surface area contributed by atoms with Crippen LogP contribution in [0.5, 0.6) is 0 Å². The van der Waals surface area contributed by atoms with E-state index in [2.05, 4.69) is 18.8 Å². The Kier molecular flexibility index (Phi) is 6.24. The lowest BCUT2D eigenvalue weighted by Crippen LogP contribution is -2.66. The molecule has 1 aliphatic rings. The summed E-state index contributed by atoms with van der Waals surface area (Å²) in [5.74, 6) is -0.721. The zero-order valence-electron chi connectivity index (χ0n) is 17.6. The molecule has 2 atom stereocenters. The Balaban J connectivity index is 2.32. The molecule has 0 unspecified atom stereocenters. The number of carboxylic acids is 1. The molecule has 6 nitrogen and oxygen atoms in total. The van der Waals surface area contributed by atoms with Crippen LogP contribution in [-0.4, -0.2) is 50.5 Å². The number of hydrogen-bond acceptors (Lipinski definition) is 4. The number of aromatic nitrogens is 1. The summed E-state index contributed by atoms with van der Waals surface area (Å²) in [7, 11) is 0. The number of nitrogens with zero attached hydrogens (tertiary/aromatic N) is 3. The monoisotopic (exact) mass is 395 g/mol. The van der Waals surface area contributed by atoms with Crippen LogP contribution < -0.4 is 0 Å². The fourth-order valence-corrected chi connectivity index (χ4v) is 5.09. The van der Waals surface area contributed by atoms with Crippen molar-refractivity contribution >= 4 is 23.3 Å². The maximum atomic E-state index is 13.2. The normalized spacial score (nSPS) is 18.9. The van der Waals surface area contributed by atoms with E-state index in [1.165, 1.54) is 0 Å². The molecule has 1 saturated heterocycles. The van der Waals surface area contributed by atoms with Gasteiger partial charge in [-0.05, 0) is 11.3 Å². The average molecular weight is 396 g/mol. The summed E-state index contributed by atoms with van der Waals surface area (Å²) in [5.41, 5.74) is -0.955. The van der Waals surface area contributed by atoms with Crippen LogP contribution >= 0.6 is 11.3 Å². The van der Waals surface area contributed by atoms with E-state index in [0.717, 1.165) is 10.7 Å². The van der Waals surface area contributed by atoms with Gasteiger partial charge in [0.2, 0.25) is 0 Å². The first kappa shape index (κ1) is 21.7. The van der Waals surface area contributed by atoms with Crippen LogP contribution in [0.25, 0.3) is 0 Å². The van der Waals surface area contributed by atoms with Crippen LogP contribution in [0.15, 0.2) is 5.38 Å². The molecule has 1 aliphatic heterocycles. The molecule has 1 fully saturated rings. The summed E-state index contributed by atoms with van der Waals surface area (Å²) in [4.78, 5) is 33.7. The molecule has 1 N–H and O–H groups in total. The highest BCUT2D eigenvalue weighted by Crippen LogP contribution is 2.45. The van der Waals surface area contributed by atoms with Gasteiger partial charge in [-0.1, -0.05) is 54.9 Å². The lowest BCUT2D eigenvalue weighted by molar-refractivity contribution is -0.162. The molecule has 0 aliphatic carbocycles. The Morgan fingerprint density at radius 3 is 2.37 bits per heavy atom. The average Bonchev–Trinajstić information content (AvgIpc) is 3.16. The SMILES string of the molecule is CC[C@H](C)[C@](C(=O)O)(N1CCN(Cc2csc(C(C)C)n2)C1=O)C(C)(C)C. The molecule has 0 aromatic carbocycles.